The largest absolute Gasteiger partial charge is 0.379 e. The van der Waals surface area contributed by atoms with Gasteiger partial charge in [-0.1, -0.05) is 11.6 Å². The summed E-state index contributed by atoms with van der Waals surface area (Å²) in [6.07, 6.45) is 1.20. The molecule has 146 valence electrons. The van der Waals surface area contributed by atoms with Crippen molar-refractivity contribution in [3.63, 3.8) is 0 Å². The third-order valence-electron chi connectivity index (χ3n) is 3.70. The van der Waals surface area contributed by atoms with E-state index < -0.39 is 15.9 Å². The molecule has 0 atom stereocenters. The van der Waals surface area contributed by atoms with Crippen molar-refractivity contribution >= 4 is 33.2 Å². The number of carbonyl (C=O) groups excluding carboxylic acids is 1. The van der Waals surface area contributed by atoms with Gasteiger partial charge in [0.2, 0.25) is 10.0 Å². The molecule has 8 nitrogen and oxygen atoms in total. The molecule has 2 N–H and O–H groups in total. The Morgan fingerprint density at radius 1 is 1.37 bits per heavy atom. The highest BCUT2D eigenvalue weighted by atomic mass is 35.5. The molecule has 1 fully saturated rings. The number of nitrogens with zero attached hydrogens (tertiary/aromatic N) is 2. The van der Waals surface area contributed by atoms with Gasteiger partial charge in [-0.15, -0.1) is 0 Å². The minimum Gasteiger partial charge on any atom is -0.379 e. The quantitative estimate of drug-likeness (QED) is 0.543. The molecule has 1 aliphatic rings. The maximum absolute atomic E-state index is 12.7. The summed E-state index contributed by atoms with van der Waals surface area (Å²) in [5.74, 6) is -0.534. The van der Waals surface area contributed by atoms with E-state index in [9.17, 15) is 13.2 Å². The first-order chi connectivity index (χ1) is 12.8. The third kappa shape index (κ3) is 5.43. The van der Waals surface area contributed by atoms with Crippen molar-refractivity contribution in [1.29, 1.82) is 5.26 Å². The number of nitriles is 1. The lowest BCUT2D eigenvalue weighted by molar-refractivity contribution is -0.117. The van der Waals surface area contributed by atoms with Crippen molar-refractivity contribution in [3.05, 3.63) is 35.0 Å². The summed E-state index contributed by atoms with van der Waals surface area (Å²) in [6, 6.07) is 5.91. The van der Waals surface area contributed by atoms with Crippen LogP contribution in [-0.4, -0.2) is 51.0 Å². The second kappa shape index (κ2) is 9.19. The van der Waals surface area contributed by atoms with Crippen molar-refractivity contribution in [2.24, 2.45) is 0 Å². The van der Waals surface area contributed by atoms with Gasteiger partial charge in [0, 0.05) is 25.3 Å². The lowest BCUT2D eigenvalue weighted by atomic mass is 10.2. The molecule has 27 heavy (non-hydrogen) atoms. The smallest absolute Gasteiger partial charge is 0.263 e. The first kappa shape index (κ1) is 21.2. The first-order valence-electron chi connectivity index (χ1n) is 8.31. The van der Waals surface area contributed by atoms with E-state index in [0.717, 1.165) is 0 Å². The van der Waals surface area contributed by atoms with Crippen LogP contribution in [0.1, 0.15) is 13.8 Å². The zero-order valence-corrected chi connectivity index (χ0v) is 16.6. The van der Waals surface area contributed by atoms with Crippen molar-refractivity contribution < 1.29 is 17.9 Å². The van der Waals surface area contributed by atoms with Crippen LogP contribution in [0.4, 0.5) is 5.69 Å². The Kier molecular flexibility index (Phi) is 7.21. The molecule has 0 bridgehead atoms. The number of hydrogen-bond acceptors (Lipinski definition) is 6. The van der Waals surface area contributed by atoms with Crippen LogP contribution in [0.25, 0.3) is 0 Å². The van der Waals surface area contributed by atoms with Gasteiger partial charge in [0.05, 0.1) is 28.8 Å². The number of hydrogen-bond donors (Lipinski definition) is 2. The number of ether oxygens (including phenoxy) is 1. The maximum atomic E-state index is 12.7. The standard InChI is InChI=1S/C17H21ClN4O4S/c1-12(2)21-17(23)13(10-19)11-20-16-9-14(3-4-15(16)18)27(24,25)22-5-7-26-8-6-22/h3-4,9,11-12,20H,5-8H2,1-2H3,(H,21,23)/b13-11-. The highest BCUT2D eigenvalue weighted by molar-refractivity contribution is 7.89. The Bertz CT molecular complexity index is 871. The van der Waals surface area contributed by atoms with E-state index >= 15 is 0 Å². The molecule has 0 radical (unpaired) electrons. The molecule has 1 aliphatic heterocycles. The molecule has 0 spiro atoms. The van der Waals surface area contributed by atoms with Crippen molar-refractivity contribution in [2.45, 2.75) is 24.8 Å². The number of anilines is 1. The zero-order valence-electron chi connectivity index (χ0n) is 15.0. The molecule has 0 unspecified atom stereocenters. The summed E-state index contributed by atoms with van der Waals surface area (Å²) < 4.78 is 32.0. The minimum atomic E-state index is -3.69. The number of rotatable bonds is 6. The van der Waals surface area contributed by atoms with E-state index in [1.807, 2.05) is 0 Å². The predicted molar refractivity (Wildman–Crippen MR) is 102 cm³/mol. The Morgan fingerprint density at radius 3 is 2.63 bits per heavy atom. The fourth-order valence-electron chi connectivity index (χ4n) is 2.35. The topological polar surface area (TPSA) is 112 Å². The van der Waals surface area contributed by atoms with Gasteiger partial charge in [0.15, 0.2) is 0 Å². The van der Waals surface area contributed by atoms with E-state index in [2.05, 4.69) is 10.6 Å². The van der Waals surface area contributed by atoms with E-state index in [4.69, 9.17) is 21.6 Å². The second-order valence-corrected chi connectivity index (χ2v) is 8.45. The highest BCUT2D eigenvalue weighted by Gasteiger charge is 2.26. The van der Waals surface area contributed by atoms with Gasteiger partial charge in [0.1, 0.15) is 11.6 Å². The number of amides is 1. The van der Waals surface area contributed by atoms with E-state index in [1.54, 1.807) is 19.9 Å². The number of sulfonamides is 1. The van der Waals surface area contributed by atoms with Gasteiger partial charge in [0.25, 0.3) is 5.91 Å². The Morgan fingerprint density at radius 2 is 2.04 bits per heavy atom. The molecule has 0 aliphatic carbocycles. The maximum Gasteiger partial charge on any atom is 0.263 e. The predicted octanol–water partition coefficient (Wildman–Crippen LogP) is 1.70. The third-order valence-corrected chi connectivity index (χ3v) is 5.93. The number of nitrogens with one attached hydrogen (secondary N) is 2. The number of carbonyl (C=O) groups is 1. The summed E-state index contributed by atoms with van der Waals surface area (Å²) in [6.45, 7) is 4.80. The summed E-state index contributed by atoms with van der Waals surface area (Å²) >= 11 is 6.12. The van der Waals surface area contributed by atoms with Gasteiger partial charge < -0.3 is 15.4 Å². The monoisotopic (exact) mass is 412 g/mol. The van der Waals surface area contributed by atoms with Gasteiger partial charge in [-0.25, -0.2) is 8.42 Å². The average molecular weight is 413 g/mol. The fourth-order valence-corrected chi connectivity index (χ4v) is 3.96. The number of morpholine rings is 1. The Hall–Kier alpha value is -2.12. The number of benzene rings is 1. The molecule has 1 heterocycles. The van der Waals surface area contributed by atoms with Gasteiger partial charge in [-0.05, 0) is 32.0 Å². The molecule has 0 aromatic heterocycles. The van der Waals surface area contributed by atoms with Crippen LogP contribution in [0.3, 0.4) is 0 Å². The van der Waals surface area contributed by atoms with Crippen LogP contribution < -0.4 is 10.6 Å². The minimum absolute atomic E-state index is 0.0647. The molecule has 1 amide bonds. The van der Waals surface area contributed by atoms with Crippen LogP contribution >= 0.6 is 11.6 Å². The summed E-state index contributed by atoms with van der Waals surface area (Å²) in [5, 5.41) is 14.8. The van der Waals surface area contributed by atoms with Crippen molar-refractivity contribution in [2.75, 3.05) is 31.6 Å². The van der Waals surface area contributed by atoms with Crippen LogP contribution in [0.15, 0.2) is 34.9 Å². The fraction of sp³-hybridized carbons (Fsp3) is 0.412. The molecule has 10 heteroatoms. The Balaban J connectivity index is 2.25. The van der Waals surface area contributed by atoms with Crippen LogP contribution in [-0.2, 0) is 19.6 Å². The van der Waals surface area contributed by atoms with E-state index in [1.165, 1.54) is 28.7 Å². The summed E-state index contributed by atoms with van der Waals surface area (Å²) in [7, 11) is -3.69. The molecule has 1 aromatic rings. The normalized spacial score (nSPS) is 16.0. The van der Waals surface area contributed by atoms with E-state index in [-0.39, 0.29) is 40.3 Å². The summed E-state index contributed by atoms with van der Waals surface area (Å²) in [4.78, 5) is 12.0. The SMILES string of the molecule is CC(C)NC(=O)/C(C#N)=C\Nc1cc(S(=O)(=O)N2CCOCC2)ccc1Cl. The van der Waals surface area contributed by atoms with Crippen molar-refractivity contribution in [1.82, 2.24) is 9.62 Å². The summed E-state index contributed by atoms with van der Waals surface area (Å²) in [5.41, 5.74) is 0.123. The molecule has 0 saturated carbocycles. The van der Waals surface area contributed by atoms with E-state index in [0.29, 0.717) is 13.2 Å². The van der Waals surface area contributed by atoms with Crippen LogP contribution in [0.2, 0.25) is 5.02 Å². The highest BCUT2D eigenvalue weighted by Crippen LogP contribution is 2.27. The second-order valence-electron chi connectivity index (χ2n) is 6.10. The molecular weight excluding hydrogens is 392 g/mol. The van der Waals surface area contributed by atoms with Gasteiger partial charge in [-0.3, -0.25) is 4.79 Å². The Labute approximate surface area is 163 Å². The molecular formula is C17H21ClN4O4S. The lowest BCUT2D eigenvalue weighted by Gasteiger charge is -2.26. The first-order valence-corrected chi connectivity index (χ1v) is 10.1. The van der Waals surface area contributed by atoms with Crippen molar-refractivity contribution in [3.8, 4) is 6.07 Å². The van der Waals surface area contributed by atoms with Gasteiger partial charge in [-0.2, -0.15) is 9.57 Å². The number of halogens is 1. The van der Waals surface area contributed by atoms with Crippen LogP contribution in [0.5, 0.6) is 0 Å². The molecule has 1 saturated heterocycles. The average Bonchev–Trinajstić information content (AvgIpc) is 2.63. The zero-order chi connectivity index (χ0) is 20.0. The molecule has 1 aromatic carbocycles. The van der Waals surface area contributed by atoms with Crippen LogP contribution in [0, 0.1) is 11.3 Å². The lowest BCUT2D eigenvalue weighted by Crippen LogP contribution is -2.40. The molecule has 2 rings (SSSR count). The van der Waals surface area contributed by atoms with Gasteiger partial charge >= 0.3 is 0 Å².